The van der Waals surface area contributed by atoms with Crippen molar-refractivity contribution in [2.75, 3.05) is 6.61 Å². The van der Waals surface area contributed by atoms with Crippen LogP contribution in [0.5, 0.6) is 0 Å². The normalized spacial score (nSPS) is 11.5. The molecule has 0 amide bonds. The van der Waals surface area contributed by atoms with E-state index in [0.29, 0.717) is 0 Å². The van der Waals surface area contributed by atoms with Gasteiger partial charge in [-0.05, 0) is 18.4 Å². The molecule has 0 radical (unpaired) electrons. The fraction of sp³-hybridized carbons (Fsp3) is 0.429. The number of esters is 1. The molecule has 0 aromatic heterocycles. The van der Waals surface area contributed by atoms with Crippen molar-refractivity contribution in [3.8, 4) is 0 Å². The molecule has 3 nitrogen and oxygen atoms in total. The largest absolute Gasteiger partial charge is 0.461 e. The topological polar surface area (TPSA) is 43.4 Å². The SMILES string of the molecule is CCOC(=O)C(F)(F)C(=O)c1ccc(C(C)C)cc1. The second-order valence-electron chi connectivity index (χ2n) is 4.40. The third kappa shape index (κ3) is 3.36. The fourth-order valence-corrected chi connectivity index (χ4v) is 1.52. The van der Waals surface area contributed by atoms with Crippen LogP contribution in [0.2, 0.25) is 0 Å². The van der Waals surface area contributed by atoms with Crippen molar-refractivity contribution in [3.05, 3.63) is 35.4 Å². The molecular weight excluding hydrogens is 254 g/mol. The number of rotatable bonds is 5. The summed E-state index contributed by atoms with van der Waals surface area (Å²) in [7, 11) is 0. The van der Waals surface area contributed by atoms with Crippen LogP contribution in [0.1, 0.15) is 42.6 Å². The first-order chi connectivity index (χ1) is 8.80. The van der Waals surface area contributed by atoms with Crippen molar-refractivity contribution in [1.29, 1.82) is 0 Å². The maximum Gasteiger partial charge on any atom is 0.404 e. The lowest BCUT2D eigenvalue weighted by molar-refractivity contribution is -0.164. The summed E-state index contributed by atoms with van der Waals surface area (Å²) in [5, 5.41) is 0. The Kier molecular flexibility index (Phi) is 4.75. The van der Waals surface area contributed by atoms with Crippen LogP contribution >= 0.6 is 0 Å². The van der Waals surface area contributed by atoms with Gasteiger partial charge in [0, 0.05) is 5.56 Å². The van der Waals surface area contributed by atoms with Crippen LogP contribution in [-0.2, 0) is 9.53 Å². The summed E-state index contributed by atoms with van der Waals surface area (Å²) in [5.41, 5.74) is 0.721. The van der Waals surface area contributed by atoms with Crippen LogP contribution in [0.15, 0.2) is 24.3 Å². The smallest absolute Gasteiger partial charge is 0.404 e. The van der Waals surface area contributed by atoms with E-state index in [0.717, 1.165) is 5.56 Å². The van der Waals surface area contributed by atoms with Crippen molar-refractivity contribution in [1.82, 2.24) is 0 Å². The van der Waals surface area contributed by atoms with E-state index in [9.17, 15) is 18.4 Å². The minimum Gasteiger partial charge on any atom is -0.461 e. The Balaban J connectivity index is 2.96. The molecule has 5 heteroatoms. The molecule has 104 valence electrons. The lowest BCUT2D eigenvalue weighted by atomic mass is 9.99. The van der Waals surface area contributed by atoms with Crippen molar-refractivity contribution in [3.63, 3.8) is 0 Å². The van der Waals surface area contributed by atoms with Gasteiger partial charge in [-0.15, -0.1) is 0 Å². The number of carbonyl (C=O) groups excluding carboxylic acids is 2. The zero-order valence-corrected chi connectivity index (χ0v) is 11.1. The first-order valence-electron chi connectivity index (χ1n) is 6.00. The average Bonchev–Trinajstić information content (AvgIpc) is 2.38. The molecule has 1 rings (SSSR count). The van der Waals surface area contributed by atoms with Crippen molar-refractivity contribution in [2.24, 2.45) is 0 Å². The van der Waals surface area contributed by atoms with Crippen LogP contribution in [0, 0.1) is 0 Å². The van der Waals surface area contributed by atoms with E-state index in [-0.39, 0.29) is 18.1 Å². The second-order valence-corrected chi connectivity index (χ2v) is 4.40. The van der Waals surface area contributed by atoms with E-state index in [4.69, 9.17) is 0 Å². The van der Waals surface area contributed by atoms with E-state index in [1.165, 1.54) is 19.1 Å². The maximum atomic E-state index is 13.5. The Hall–Kier alpha value is -1.78. The number of benzene rings is 1. The van der Waals surface area contributed by atoms with Crippen molar-refractivity contribution >= 4 is 11.8 Å². The highest BCUT2D eigenvalue weighted by Crippen LogP contribution is 2.23. The quantitative estimate of drug-likeness (QED) is 0.469. The first-order valence-corrected chi connectivity index (χ1v) is 6.00. The van der Waals surface area contributed by atoms with E-state index in [2.05, 4.69) is 4.74 Å². The van der Waals surface area contributed by atoms with Gasteiger partial charge < -0.3 is 4.74 Å². The summed E-state index contributed by atoms with van der Waals surface area (Å²) in [6.07, 6.45) is 0. The van der Waals surface area contributed by atoms with E-state index >= 15 is 0 Å². The maximum absolute atomic E-state index is 13.5. The first kappa shape index (κ1) is 15.3. The highest BCUT2D eigenvalue weighted by molar-refractivity contribution is 6.13. The van der Waals surface area contributed by atoms with Crippen LogP contribution in [0.4, 0.5) is 8.78 Å². The molecule has 0 saturated heterocycles. The van der Waals surface area contributed by atoms with Gasteiger partial charge in [-0.1, -0.05) is 38.1 Å². The minimum absolute atomic E-state index is 0.200. The summed E-state index contributed by atoms with van der Waals surface area (Å²) >= 11 is 0. The molecule has 0 heterocycles. The Labute approximate surface area is 110 Å². The van der Waals surface area contributed by atoms with Gasteiger partial charge in [-0.2, -0.15) is 8.78 Å². The Bertz CT molecular complexity index is 464. The third-order valence-electron chi connectivity index (χ3n) is 2.66. The van der Waals surface area contributed by atoms with Crippen molar-refractivity contribution in [2.45, 2.75) is 32.6 Å². The molecule has 0 aliphatic rings. The molecule has 0 fully saturated rings. The molecule has 0 aliphatic carbocycles. The molecule has 0 unspecified atom stereocenters. The Morgan fingerprint density at radius 2 is 1.74 bits per heavy atom. The van der Waals surface area contributed by atoms with Crippen LogP contribution in [0.25, 0.3) is 0 Å². The van der Waals surface area contributed by atoms with Crippen molar-refractivity contribution < 1.29 is 23.1 Å². The summed E-state index contributed by atoms with van der Waals surface area (Å²) in [6.45, 7) is 5.10. The Morgan fingerprint density at radius 1 is 1.21 bits per heavy atom. The Morgan fingerprint density at radius 3 is 2.16 bits per heavy atom. The van der Waals surface area contributed by atoms with Crippen LogP contribution < -0.4 is 0 Å². The second kappa shape index (κ2) is 5.91. The highest BCUT2D eigenvalue weighted by Gasteiger charge is 2.49. The number of hydrogen-bond acceptors (Lipinski definition) is 3. The molecule has 0 bridgehead atoms. The summed E-state index contributed by atoms with van der Waals surface area (Å²) in [4.78, 5) is 22.7. The predicted molar refractivity (Wildman–Crippen MR) is 66.4 cm³/mol. The number of ether oxygens (including phenoxy) is 1. The number of Topliss-reactive ketones (excluding diaryl/α,β-unsaturated/α-hetero) is 1. The molecule has 19 heavy (non-hydrogen) atoms. The molecule has 0 saturated carbocycles. The summed E-state index contributed by atoms with van der Waals surface area (Å²) in [6, 6.07) is 5.79. The van der Waals surface area contributed by atoms with Gasteiger partial charge in [0.05, 0.1) is 6.61 Å². The van der Waals surface area contributed by atoms with Gasteiger partial charge >= 0.3 is 11.9 Å². The zero-order chi connectivity index (χ0) is 14.6. The van der Waals surface area contributed by atoms with Gasteiger partial charge in [0.2, 0.25) is 5.78 Å². The number of hydrogen-bond donors (Lipinski definition) is 0. The number of carbonyl (C=O) groups is 2. The summed E-state index contributed by atoms with van der Waals surface area (Å²) < 4.78 is 31.2. The van der Waals surface area contributed by atoms with Crippen LogP contribution in [-0.4, -0.2) is 24.3 Å². The molecule has 0 N–H and O–H groups in total. The lowest BCUT2D eigenvalue weighted by Gasteiger charge is -2.14. The van der Waals surface area contributed by atoms with E-state index in [1.54, 1.807) is 12.1 Å². The van der Waals surface area contributed by atoms with Gasteiger partial charge in [0.1, 0.15) is 0 Å². The van der Waals surface area contributed by atoms with Gasteiger partial charge in [0.25, 0.3) is 0 Å². The van der Waals surface area contributed by atoms with Crippen LogP contribution in [0.3, 0.4) is 0 Å². The minimum atomic E-state index is -4.14. The standard InChI is InChI=1S/C14H16F2O3/c1-4-19-13(18)14(15,16)12(17)11-7-5-10(6-8-11)9(2)3/h5-9H,4H2,1-3H3. The summed E-state index contributed by atoms with van der Waals surface area (Å²) in [5.74, 6) is -7.26. The lowest BCUT2D eigenvalue weighted by Crippen LogP contribution is -2.39. The van der Waals surface area contributed by atoms with E-state index < -0.39 is 17.7 Å². The zero-order valence-electron chi connectivity index (χ0n) is 11.1. The molecule has 0 aliphatic heterocycles. The third-order valence-corrected chi connectivity index (χ3v) is 2.66. The molecule has 1 aromatic carbocycles. The fourth-order valence-electron chi connectivity index (χ4n) is 1.52. The highest BCUT2D eigenvalue weighted by atomic mass is 19.3. The monoisotopic (exact) mass is 270 g/mol. The number of alkyl halides is 2. The molecule has 1 aromatic rings. The average molecular weight is 270 g/mol. The predicted octanol–water partition coefficient (Wildman–Crippen LogP) is 3.19. The van der Waals surface area contributed by atoms with Gasteiger partial charge in [-0.25, -0.2) is 4.79 Å². The number of halogens is 2. The molecule has 0 spiro atoms. The number of ketones is 1. The molecule has 0 atom stereocenters. The molecular formula is C14H16F2O3. The van der Waals surface area contributed by atoms with Gasteiger partial charge in [0.15, 0.2) is 0 Å². The van der Waals surface area contributed by atoms with Gasteiger partial charge in [-0.3, -0.25) is 4.79 Å². The van der Waals surface area contributed by atoms with E-state index in [1.807, 2.05) is 13.8 Å².